The highest BCUT2D eigenvalue weighted by Gasteiger charge is 2.16. The number of aromatic nitrogens is 1. The molecular formula is C16H15N3O2S. The first kappa shape index (κ1) is 14.5. The van der Waals surface area contributed by atoms with E-state index in [1.807, 2.05) is 41.8 Å². The Labute approximate surface area is 131 Å². The van der Waals surface area contributed by atoms with Crippen LogP contribution in [0.5, 0.6) is 0 Å². The number of rotatable bonds is 4. The number of carbonyl (C=O) groups is 1. The van der Waals surface area contributed by atoms with Crippen molar-refractivity contribution in [2.24, 2.45) is 5.73 Å². The molecule has 6 heteroatoms. The molecule has 0 bridgehead atoms. The number of benzene rings is 1. The lowest BCUT2D eigenvalue weighted by molar-refractivity contribution is -0.114. The number of thiazole rings is 1. The largest absolute Gasteiger partial charge is 0.467 e. The van der Waals surface area contributed by atoms with Crippen LogP contribution >= 0.6 is 11.3 Å². The number of furan rings is 1. The van der Waals surface area contributed by atoms with Crippen LogP contribution in [0.1, 0.15) is 23.7 Å². The number of nitrogens with zero attached hydrogens (tertiary/aromatic N) is 1. The minimum atomic E-state index is -0.354. The fourth-order valence-electron chi connectivity index (χ4n) is 2.08. The third-order valence-corrected chi connectivity index (χ3v) is 4.07. The molecule has 1 amide bonds. The third-order valence-electron chi connectivity index (χ3n) is 3.14. The molecule has 1 atom stereocenters. The maximum absolute atomic E-state index is 11.0. The standard InChI is InChI=1S/C16H15N3O2S/c1-10(20)18-12-6-4-11(5-7-12)13-9-22-16(19-13)15(17)14-3-2-8-21-14/h2-9,15H,17H2,1H3,(H,18,20). The predicted molar refractivity (Wildman–Crippen MR) is 86.6 cm³/mol. The van der Waals surface area contributed by atoms with Crippen LogP contribution in [0, 0.1) is 0 Å². The van der Waals surface area contributed by atoms with Gasteiger partial charge in [-0.15, -0.1) is 11.3 Å². The number of nitrogens with one attached hydrogen (secondary N) is 1. The summed E-state index contributed by atoms with van der Waals surface area (Å²) in [4.78, 5) is 15.6. The minimum Gasteiger partial charge on any atom is -0.467 e. The summed E-state index contributed by atoms with van der Waals surface area (Å²) in [7, 11) is 0. The molecule has 22 heavy (non-hydrogen) atoms. The Morgan fingerprint density at radius 1 is 1.32 bits per heavy atom. The maximum Gasteiger partial charge on any atom is 0.221 e. The number of carbonyl (C=O) groups excluding carboxylic acids is 1. The number of nitrogens with two attached hydrogens (primary N) is 1. The summed E-state index contributed by atoms with van der Waals surface area (Å²) in [5.74, 6) is 0.607. The molecule has 3 rings (SSSR count). The Balaban J connectivity index is 1.80. The normalized spacial score (nSPS) is 12.1. The highest BCUT2D eigenvalue weighted by atomic mass is 32.1. The Hall–Kier alpha value is -2.44. The van der Waals surface area contributed by atoms with Crippen LogP contribution in [0.4, 0.5) is 5.69 Å². The Kier molecular flexibility index (Phi) is 4.04. The summed E-state index contributed by atoms with van der Waals surface area (Å²) in [5, 5.41) is 5.50. The van der Waals surface area contributed by atoms with Crippen LogP contribution in [0.25, 0.3) is 11.3 Å². The van der Waals surface area contributed by atoms with E-state index in [1.54, 1.807) is 6.26 Å². The van der Waals surface area contributed by atoms with Crippen molar-refractivity contribution >= 4 is 22.9 Å². The molecule has 1 aromatic carbocycles. The zero-order chi connectivity index (χ0) is 15.5. The van der Waals surface area contributed by atoms with Crippen molar-refractivity contribution in [2.75, 3.05) is 5.32 Å². The van der Waals surface area contributed by atoms with Gasteiger partial charge >= 0.3 is 0 Å². The van der Waals surface area contributed by atoms with Crippen molar-refractivity contribution in [3.8, 4) is 11.3 Å². The first-order valence-corrected chi connectivity index (χ1v) is 7.64. The molecule has 3 aromatic rings. The third kappa shape index (κ3) is 3.08. The van der Waals surface area contributed by atoms with Crippen LogP contribution in [-0.2, 0) is 4.79 Å². The molecular weight excluding hydrogens is 298 g/mol. The van der Waals surface area contributed by atoms with E-state index >= 15 is 0 Å². The highest BCUT2D eigenvalue weighted by Crippen LogP contribution is 2.28. The van der Waals surface area contributed by atoms with Gasteiger partial charge in [0.2, 0.25) is 5.91 Å². The summed E-state index contributed by atoms with van der Waals surface area (Å²) in [5.41, 5.74) is 8.73. The fraction of sp³-hybridized carbons (Fsp3) is 0.125. The SMILES string of the molecule is CC(=O)Nc1ccc(-c2csc(C(N)c3ccco3)n2)cc1. The number of anilines is 1. The lowest BCUT2D eigenvalue weighted by atomic mass is 10.1. The molecule has 3 N–H and O–H groups in total. The molecule has 112 valence electrons. The van der Waals surface area contributed by atoms with Gasteiger partial charge < -0.3 is 15.5 Å². The van der Waals surface area contributed by atoms with E-state index in [1.165, 1.54) is 18.3 Å². The van der Waals surface area contributed by atoms with Crippen LogP contribution in [-0.4, -0.2) is 10.9 Å². The average Bonchev–Trinajstić information content (AvgIpc) is 3.19. The lowest BCUT2D eigenvalue weighted by Gasteiger charge is -2.04. The van der Waals surface area contributed by atoms with E-state index in [-0.39, 0.29) is 11.9 Å². The van der Waals surface area contributed by atoms with Crippen molar-refractivity contribution in [1.82, 2.24) is 4.98 Å². The quantitative estimate of drug-likeness (QED) is 0.773. The number of hydrogen-bond acceptors (Lipinski definition) is 5. The van der Waals surface area contributed by atoms with Crippen molar-refractivity contribution in [3.05, 3.63) is 58.8 Å². The predicted octanol–water partition coefficient (Wildman–Crippen LogP) is 3.41. The molecule has 1 unspecified atom stereocenters. The van der Waals surface area contributed by atoms with Crippen LogP contribution in [0.15, 0.2) is 52.5 Å². The zero-order valence-electron chi connectivity index (χ0n) is 11.9. The van der Waals surface area contributed by atoms with Gasteiger partial charge in [0.25, 0.3) is 0 Å². The van der Waals surface area contributed by atoms with E-state index in [2.05, 4.69) is 10.3 Å². The monoisotopic (exact) mass is 313 g/mol. The van der Waals surface area contributed by atoms with Crippen molar-refractivity contribution in [2.45, 2.75) is 13.0 Å². The van der Waals surface area contributed by atoms with E-state index in [0.29, 0.717) is 5.76 Å². The summed E-state index contributed by atoms with van der Waals surface area (Å²) < 4.78 is 5.32. The zero-order valence-corrected chi connectivity index (χ0v) is 12.8. The highest BCUT2D eigenvalue weighted by molar-refractivity contribution is 7.10. The van der Waals surface area contributed by atoms with Crippen molar-refractivity contribution in [1.29, 1.82) is 0 Å². The van der Waals surface area contributed by atoms with Gasteiger partial charge in [0, 0.05) is 23.6 Å². The van der Waals surface area contributed by atoms with Crippen LogP contribution < -0.4 is 11.1 Å². The molecule has 0 aliphatic heterocycles. The molecule has 5 nitrogen and oxygen atoms in total. The van der Waals surface area contributed by atoms with Gasteiger partial charge in [-0.2, -0.15) is 0 Å². The van der Waals surface area contributed by atoms with Gasteiger partial charge in [0.15, 0.2) is 0 Å². The van der Waals surface area contributed by atoms with Gasteiger partial charge in [-0.3, -0.25) is 4.79 Å². The molecule has 0 saturated heterocycles. The molecule has 0 fully saturated rings. The Morgan fingerprint density at radius 3 is 2.73 bits per heavy atom. The smallest absolute Gasteiger partial charge is 0.221 e. The van der Waals surface area contributed by atoms with Gasteiger partial charge in [-0.25, -0.2) is 4.98 Å². The molecule has 0 aliphatic carbocycles. The maximum atomic E-state index is 11.0. The molecule has 0 saturated carbocycles. The van der Waals surface area contributed by atoms with Crippen LogP contribution in [0.3, 0.4) is 0 Å². The lowest BCUT2D eigenvalue weighted by Crippen LogP contribution is -2.10. The van der Waals surface area contributed by atoms with E-state index in [0.717, 1.165) is 22.0 Å². The first-order chi connectivity index (χ1) is 10.6. The van der Waals surface area contributed by atoms with E-state index in [9.17, 15) is 4.79 Å². The van der Waals surface area contributed by atoms with Gasteiger partial charge in [0.1, 0.15) is 16.8 Å². The van der Waals surface area contributed by atoms with Gasteiger partial charge in [-0.05, 0) is 24.3 Å². The molecule has 0 spiro atoms. The van der Waals surface area contributed by atoms with Crippen molar-refractivity contribution in [3.63, 3.8) is 0 Å². The Bertz CT molecular complexity index is 763. The average molecular weight is 313 g/mol. The molecule has 2 aromatic heterocycles. The molecule has 2 heterocycles. The second-order valence-electron chi connectivity index (χ2n) is 4.82. The fourth-order valence-corrected chi connectivity index (χ4v) is 2.92. The second-order valence-corrected chi connectivity index (χ2v) is 5.71. The summed E-state index contributed by atoms with van der Waals surface area (Å²) in [6.45, 7) is 1.48. The van der Waals surface area contributed by atoms with E-state index in [4.69, 9.17) is 10.2 Å². The molecule has 0 aliphatic rings. The summed E-state index contributed by atoms with van der Waals surface area (Å²) in [6.07, 6.45) is 1.60. The topological polar surface area (TPSA) is 81.2 Å². The van der Waals surface area contributed by atoms with Crippen molar-refractivity contribution < 1.29 is 9.21 Å². The van der Waals surface area contributed by atoms with Crippen LogP contribution in [0.2, 0.25) is 0 Å². The Morgan fingerprint density at radius 2 is 2.09 bits per heavy atom. The summed E-state index contributed by atoms with van der Waals surface area (Å²) >= 11 is 1.50. The van der Waals surface area contributed by atoms with E-state index < -0.39 is 0 Å². The first-order valence-electron chi connectivity index (χ1n) is 6.76. The minimum absolute atomic E-state index is 0.0897. The van der Waals surface area contributed by atoms with Gasteiger partial charge in [0.05, 0.1) is 12.0 Å². The summed E-state index contributed by atoms with van der Waals surface area (Å²) in [6, 6.07) is 10.8. The molecule has 0 radical (unpaired) electrons. The number of hydrogen-bond donors (Lipinski definition) is 2. The second kappa shape index (κ2) is 6.13. The number of amides is 1. The van der Waals surface area contributed by atoms with Gasteiger partial charge in [-0.1, -0.05) is 12.1 Å².